The maximum absolute atomic E-state index is 9.31. The monoisotopic (exact) mass is 440 g/mol. The fraction of sp³-hybridized carbons (Fsp3) is 0.692. The van der Waals surface area contributed by atoms with E-state index in [1.54, 1.807) is 0 Å². The van der Waals surface area contributed by atoms with Crippen LogP contribution in [-0.2, 0) is 19.2 Å². The highest BCUT2D eigenvalue weighted by molar-refractivity contribution is 7.97. The lowest BCUT2D eigenvalue weighted by atomic mass is 9.93. The van der Waals surface area contributed by atoms with Gasteiger partial charge in [0.2, 0.25) is 0 Å². The van der Waals surface area contributed by atoms with Gasteiger partial charge in [-0.1, -0.05) is 0 Å². The molecular weight excluding hydrogens is 412 g/mol. The molecule has 0 spiro atoms. The van der Waals surface area contributed by atoms with Gasteiger partial charge in [-0.2, -0.15) is 0 Å². The Bertz CT molecular complexity index is 278. The first kappa shape index (κ1) is 35.9. The van der Waals surface area contributed by atoms with Crippen LogP contribution in [0.3, 0.4) is 0 Å². The van der Waals surface area contributed by atoms with Gasteiger partial charge in [-0.25, -0.2) is 0 Å². The van der Waals surface area contributed by atoms with E-state index in [2.05, 4.69) is 50.5 Å². The van der Waals surface area contributed by atoms with E-state index < -0.39 is 31.8 Å². The van der Waals surface area contributed by atoms with Gasteiger partial charge in [-0.05, 0) is 0 Å². The molecule has 8 nitrogen and oxygen atoms in total. The second-order valence-electron chi connectivity index (χ2n) is 4.21. The molecule has 0 aromatic heterocycles. The number of aliphatic hydroxyl groups excluding tert-OH is 4. The molecule has 0 saturated carbocycles. The zero-order valence-corrected chi connectivity index (χ0v) is 18.1. The first-order chi connectivity index (χ1) is 11.2. The number of hydrogen-bond acceptors (Lipinski definition) is 8. The zero-order valence-electron chi connectivity index (χ0n) is 14.5. The maximum Gasteiger partial charge on any atom is 0.182 e. The highest BCUT2D eigenvalue weighted by atomic mass is 32.1. The van der Waals surface area contributed by atoms with E-state index in [1.807, 2.05) is 0 Å². The minimum absolute atomic E-state index is 0.139. The summed E-state index contributed by atoms with van der Waals surface area (Å²) in [4.78, 5) is 37.2. The van der Waals surface area contributed by atoms with E-state index in [0.717, 1.165) is 0 Å². The third kappa shape index (κ3) is 80.9. The molecule has 0 aliphatic carbocycles. The number of carbonyl (C=O) groups excluding carboxylic acids is 4. The molecule has 0 bridgehead atoms. The Kier molecular flexibility index (Phi) is 37.6. The minimum Gasteiger partial charge on any atom is -0.396 e. The number of carbonyl (C=O) groups is 4. The number of thiol groups is 4. The summed E-state index contributed by atoms with van der Waals surface area (Å²) in [7, 11) is 0. The summed E-state index contributed by atoms with van der Waals surface area (Å²) in [5, 5.41) is 33.4. The molecule has 25 heavy (non-hydrogen) atoms. The summed E-state index contributed by atoms with van der Waals surface area (Å²) < 4.78 is 0. The van der Waals surface area contributed by atoms with Gasteiger partial charge in [0, 0.05) is 27.7 Å². The van der Waals surface area contributed by atoms with Crippen molar-refractivity contribution >= 4 is 71.0 Å². The molecule has 0 aliphatic heterocycles. The van der Waals surface area contributed by atoms with Crippen LogP contribution >= 0.6 is 50.5 Å². The molecule has 0 aromatic rings. The summed E-state index contributed by atoms with van der Waals surface area (Å²) in [6.45, 7) is 3.94. The van der Waals surface area contributed by atoms with Crippen LogP contribution < -0.4 is 0 Å². The summed E-state index contributed by atoms with van der Waals surface area (Å²) in [6.07, 6.45) is 0. The molecule has 4 N–H and O–H groups in total. The van der Waals surface area contributed by atoms with Crippen molar-refractivity contribution in [1.82, 2.24) is 0 Å². The van der Waals surface area contributed by atoms with Crippen LogP contribution in [0.4, 0.5) is 0 Å². The van der Waals surface area contributed by atoms with Gasteiger partial charge in [-0.3, -0.25) is 19.2 Å². The second-order valence-corrected chi connectivity index (χ2v) is 6.73. The Morgan fingerprint density at radius 1 is 0.560 bits per heavy atom. The molecule has 0 aromatic carbocycles. The van der Waals surface area contributed by atoms with Crippen molar-refractivity contribution in [2.75, 3.05) is 26.4 Å². The van der Waals surface area contributed by atoms with Gasteiger partial charge in [0.25, 0.3) is 0 Å². The van der Waals surface area contributed by atoms with Crippen LogP contribution in [0.5, 0.6) is 0 Å². The smallest absolute Gasteiger partial charge is 0.182 e. The second kappa shape index (κ2) is 26.2. The van der Waals surface area contributed by atoms with Crippen LogP contribution in [-0.4, -0.2) is 67.3 Å². The fourth-order valence-corrected chi connectivity index (χ4v) is 0.300. The van der Waals surface area contributed by atoms with Crippen molar-refractivity contribution in [2.24, 2.45) is 5.41 Å². The number of rotatable bonds is 4. The molecule has 0 rings (SSSR count). The highest BCUT2D eigenvalue weighted by Crippen LogP contribution is 2.11. The van der Waals surface area contributed by atoms with Gasteiger partial charge in [0.1, 0.15) is 0 Å². The van der Waals surface area contributed by atoms with Crippen LogP contribution in [0.2, 0.25) is 0 Å². The SMILES string of the molecule is CC(=O)S.CC(=O)S.CC(=O)S.CC(=O)S.OCC(CO)(CO)CO. The zero-order chi connectivity index (χ0) is 21.6. The summed E-state index contributed by atoms with van der Waals surface area (Å²) in [5.41, 5.74) is -1.11. The highest BCUT2D eigenvalue weighted by Gasteiger charge is 2.26. The van der Waals surface area contributed by atoms with E-state index in [-0.39, 0.29) is 20.5 Å². The maximum atomic E-state index is 9.31. The van der Waals surface area contributed by atoms with Crippen molar-refractivity contribution in [2.45, 2.75) is 27.7 Å². The topological polar surface area (TPSA) is 149 Å². The molecule has 152 valence electrons. The van der Waals surface area contributed by atoms with Crippen molar-refractivity contribution in [1.29, 1.82) is 0 Å². The predicted molar refractivity (Wildman–Crippen MR) is 109 cm³/mol. The van der Waals surface area contributed by atoms with E-state index in [4.69, 9.17) is 20.4 Å². The van der Waals surface area contributed by atoms with Gasteiger partial charge >= 0.3 is 0 Å². The largest absolute Gasteiger partial charge is 0.396 e. The lowest BCUT2D eigenvalue weighted by Crippen LogP contribution is -2.37. The molecule has 0 amide bonds. The van der Waals surface area contributed by atoms with E-state index in [9.17, 15) is 19.2 Å². The molecule has 12 heteroatoms. The van der Waals surface area contributed by atoms with Gasteiger partial charge < -0.3 is 20.4 Å². The van der Waals surface area contributed by atoms with Crippen LogP contribution in [0.1, 0.15) is 27.7 Å². The molecule has 0 radical (unpaired) electrons. The Balaban J connectivity index is -0.0000000714. The third-order valence-electron chi connectivity index (χ3n) is 1.34. The third-order valence-corrected chi connectivity index (χ3v) is 1.34. The lowest BCUT2D eigenvalue weighted by Gasteiger charge is -2.23. The van der Waals surface area contributed by atoms with Crippen molar-refractivity contribution in [3.63, 3.8) is 0 Å². The molecule has 0 saturated heterocycles. The summed E-state index contributed by atoms with van der Waals surface area (Å²) in [5.74, 6) is 0. The van der Waals surface area contributed by atoms with E-state index >= 15 is 0 Å². The Hall–Kier alpha value is -0.0800. The minimum atomic E-state index is -1.11. The number of hydrogen-bond donors (Lipinski definition) is 8. The van der Waals surface area contributed by atoms with Gasteiger partial charge in [-0.15, -0.1) is 50.5 Å². The lowest BCUT2D eigenvalue weighted by molar-refractivity contribution is -0.109. The average molecular weight is 441 g/mol. The molecule has 0 fully saturated rings. The Labute approximate surface area is 170 Å². The molecule has 0 atom stereocenters. The van der Waals surface area contributed by atoms with Gasteiger partial charge in [0.05, 0.1) is 31.8 Å². The quantitative estimate of drug-likeness (QED) is 0.280. The van der Waals surface area contributed by atoms with Crippen LogP contribution in [0.15, 0.2) is 0 Å². The first-order valence-corrected chi connectivity index (χ1v) is 8.18. The fourth-order valence-electron chi connectivity index (χ4n) is 0.300. The summed E-state index contributed by atoms with van der Waals surface area (Å²) in [6, 6.07) is 0. The Morgan fingerprint density at radius 2 is 0.640 bits per heavy atom. The average Bonchev–Trinajstić information content (AvgIpc) is 2.39. The molecular formula is C13H28O8S4. The van der Waals surface area contributed by atoms with Crippen molar-refractivity contribution in [3.8, 4) is 0 Å². The normalized spacial score (nSPS) is 8.48. The van der Waals surface area contributed by atoms with Crippen molar-refractivity contribution < 1.29 is 39.6 Å². The Morgan fingerprint density at radius 3 is 0.640 bits per heavy atom. The van der Waals surface area contributed by atoms with Crippen LogP contribution in [0, 0.1) is 5.41 Å². The van der Waals surface area contributed by atoms with Crippen molar-refractivity contribution in [3.05, 3.63) is 0 Å². The molecule has 0 heterocycles. The van der Waals surface area contributed by atoms with Crippen LogP contribution in [0.25, 0.3) is 0 Å². The standard InChI is InChI=1S/C5H12O4.4C2H4OS/c6-1-5(2-7,3-8)4-9;4*1-2(3)4/h6-9H,1-4H2;4*1H3,(H,3,4). The first-order valence-electron chi connectivity index (χ1n) is 6.39. The molecule has 0 unspecified atom stereocenters. The molecule has 0 aliphatic rings. The van der Waals surface area contributed by atoms with E-state index in [1.165, 1.54) is 27.7 Å². The predicted octanol–water partition coefficient (Wildman–Crippen LogP) is -0.207. The van der Waals surface area contributed by atoms with E-state index in [0.29, 0.717) is 0 Å². The summed E-state index contributed by atoms with van der Waals surface area (Å²) >= 11 is 13.3. The number of aliphatic hydroxyl groups is 4. The van der Waals surface area contributed by atoms with Gasteiger partial charge in [0.15, 0.2) is 20.5 Å².